The van der Waals surface area contributed by atoms with Crippen LogP contribution in [0.2, 0.25) is 0 Å². The second-order valence-electron chi connectivity index (χ2n) is 6.51. The molecule has 2 heterocycles. The van der Waals surface area contributed by atoms with E-state index in [2.05, 4.69) is 9.97 Å². The van der Waals surface area contributed by atoms with Gasteiger partial charge in [-0.05, 0) is 35.9 Å². The molecule has 5 nitrogen and oxygen atoms in total. The first-order valence-electron chi connectivity index (χ1n) is 9.22. The van der Waals surface area contributed by atoms with E-state index in [1.807, 2.05) is 6.07 Å². The molecule has 0 saturated carbocycles. The topological polar surface area (TPSA) is 55.3 Å². The van der Waals surface area contributed by atoms with Crippen LogP contribution in [0.5, 0.6) is 5.75 Å². The normalized spacial score (nSPS) is 10.9. The number of hydrogen-bond acceptors (Lipinski definition) is 5. The summed E-state index contributed by atoms with van der Waals surface area (Å²) in [6, 6.07) is 13.8. The predicted octanol–water partition coefficient (Wildman–Crippen LogP) is 4.97. The summed E-state index contributed by atoms with van der Waals surface area (Å²) in [4.78, 5) is 23.1. The smallest absolute Gasteiger partial charge is 0.232 e. The molecule has 152 valence electrons. The molecule has 0 N–H and O–H groups in total. The van der Waals surface area contributed by atoms with Crippen LogP contribution in [0, 0.1) is 11.6 Å². The minimum atomic E-state index is -0.404. The molecular formula is C22H17F2N3O2S. The molecule has 4 rings (SSSR count). The van der Waals surface area contributed by atoms with Gasteiger partial charge < -0.3 is 4.74 Å². The third-order valence-corrected chi connectivity index (χ3v) is 5.37. The molecule has 2 aromatic carbocycles. The predicted molar refractivity (Wildman–Crippen MR) is 112 cm³/mol. The fraction of sp³-hybridized carbons (Fsp3) is 0.136. The zero-order valence-electron chi connectivity index (χ0n) is 15.8. The SMILES string of the molecule is O=C(CCOc1cccc(F)c1)N(Cc1cccnc1)c1nc2cc(F)ccc2s1. The number of thiazole rings is 1. The molecule has 0 bridgehead atoms. The molecule has 30 heavy (non-hydrogen) atoms. The summed E-state index contributed by atoms with van der Waals surface area (Å²) in [5.74, 6) is -0.640. The Kier molecular flexibility index (Phi) is 5.94. The molecule has 0 radical (unpaired) electrons. The molecule has 0 aliphatic rings. The lowest BCUT2D eigenvalue weighted by Gasteiger charge is -2.20. The van der Waals surface area contributed by atoms with E-state index in [4.69, 9.17) is 4.74 Å². The van der Waals surface area contributed by atoms with Gasteiger partial charge in [0, 0.05) is 24.5 Å². The van der Waals surface area contributed by atoms with Crippen LogP contribution in [0.15, 0.2) is 67.0 Å². The van der Waals surface area contributed by atoms with Crippen molar-refractivity contribution in [1.29, 1.82) is 0 Å². The van der Waals surface area contributed by atoms with Crippen molar-refractivity contribution >= 4 is 32.6 Å². The molecule has 2 aromatic heterocycles. The summed E-state index contributed by atoms with van der Waals surface area (Å²) in [6.07, 6.45) is 3.40. The number of amides is 1. The number of fused-ring (bicyclic) bond motifs is 1. The Hall–Kier alpha value is -3.39. The van der Waals surface area contributed by atoms with Crippen LogP contribution in [0.25, 0.3) is 10.2 Å². The van der Waals surface area contributed by atoms with Gasteiger partial charge in [0.2, 0.25) is 5.91 Å². The van der Waals surface area contributed by atoms with Gasteiger partial charge in [-0.3, -0.25) is 14.7 Å². The highest BCUT2D eigenvalue weighted by Gasteiger charge is 2.20. The van der Waals surface area contributed by atoms with Gasteiger partial charge in [-0.1, -0.05) is 23.5 Å². The third kappa shape index (κ3) is 4.77. The minimum absolute atomic E-state index is 0.0705. The largest absolute Gasteiger partial charge is 0.493 e. The number of benzene rings is 2. The first-order chi connectivity index (χ1) is 14.6. The van der Waals surface area contributed by atoms with Gasteiger partial charge in [-0.15, -0.1) is 0 Å². The highest BCUT2D eigenvalue weighted by molar-refractivity contribution is 7.22. The van der Waals surface area contributed by atoms with Gasteiger partial charge in [0.25, 0.3) is 0 Å². The molecular weight excluding hydrogens is 408 g/mol. The first-order valence-corrected chi connectivity index (χ1v) is 10.0. The summed E-state index contributed by atoms with van der Waals surface area (Å²) in [5, 5.41) is 0.468. The maximum Gasteiger partial charge on any atom is 0.232 e. The van der Waals surface area contributed by atoms with E-state index in [1.54, 1.807) is 36.7 Å². The molecule has 0 saturated heterocycles. The zero-order valence-corrected chi connectivity index (χ0v) is 16.6. The van der Waals surface area contributed by atoms with Crippen molar-refractivity contribution in [2.75, 3.05) is 11.5 Å². The van der Waals surface area contributed by atoms with Crippen LogP contribution in [0.3, 0.4) is 0 Å². The molecule has 0 fully saturated rings. The van der Waals surface area contributed by atoms with Crippen LogP contribution in [0.1, 0.15) is 12.0 Å². The monoisotopic (exact) mass is 425 g/mol. The quantitative estimate of drug-likeness (QED) is 0.419. The third-order valence-electron chi connectivity index (χ3n) is 4.31. The Balaban J connectivity index is 1.53. The highest BCUT2D eigenvalue weighted by atomic mass is 32.1. The molecule has 0 spiro atoms. The fourth-order valence-corrected chi connectivity index (χ4v) is 3.85. The van der Waals surface area contributed by atoms with Crippen molar-refractivity contribution in [2.24, 2.45) is 0 Å². The Morgan fingerprint density at radius 2 is 1.93 bits per heavy atom. The highest BCUT2D eigenvalue weighted by Crippen LogP contribution is 2.30. The van der Waals surface area contributed by atoms with Crippen molar-refractivity contribution in [1.82, 2.24) is 9.97 Å². The van der Waals surface area contributed by atoms with Crippen LogP contribution in [-0.2, 0) is 11.3 Å². The standard InChI is InChI=1S/C22H17F2N3O2S/c23-16-4-1-5-18(11-16)29-10-8-21(28)27(14-15-3-2-9-25-13-15)22-26-19-12-17(24)6-7-20(19)30-22/h1-7,9,11-13H,8,10,14H2. The first kappa shape index (κ1) is 19.9. The van der Waals surface area contributed by atoms with Crippen molar-refractivity contribution in [3.63, 3.8) is 0 Å². The van der Waals surface area contributed by atoms with Crippen molar-refractivity contribution in [3.8, 4) is 5.75 Å². The minimum Gasteiger partial charge on any atom is -0.493 e. The molecule has 0 aliphatic heterocycles. The van der Waals surface area contributed by atoms with Gasteiger partial charge in [0.05, 0.1) is 29.8 Å². The molecule has 0 unspecified atom stereocenters. The molecule has 1 amide bonds. The van der Waals surface area contributed by atoms with Gasteiger partial charge >= 0.3 is 0 Å². The fourth-order valence-electron chi connectivity index (χ4n) is 2.89. The van der Waals surface area contributed by atoms with Crippen molar-refractivity contribution in [2.45, 2.75) is 13.0 Å². The average Bonchev–Trinajstić information content (AvgIpc) is 3.15. The van der Waals surface area contributed by atoms with Crippen molar-refractivity contribution < 1.29 is 18.3 Å². The van der Waals surface area contributed by atoms with E-state index >= 15 is 0 Å². The van der Waals surface area contributed by atoms with Crippen molar-refractivity contribution in [3.05, 3.63) is 84.2 Å². The number of carbonyl (C=O) groups excluding carboxylic acids is 1. The average molecular weight is 425 g/mol. The van der Waals surface area contributed by atoms with E-state index in [-0.39, 0.29) is 31.3 Å². The van der Waals surface area contributed by atoms with Crippen LogP contribution in [0.4, 0.5) is 13.9 Å². The van der Waals surface area contributed by atoms with E-state index in [0.29, 0.717) is 16.4 Å². The van der Waals surface area contributed by atoms with E-state index in [0.717, 1.165) is 10.3 Å². The Morgan fingerprint density at radius 3 is 2.73 bits per heavy atom. The van der Waals surface area contributed by atoms with Gasteiger partial charge in [-0.2, -0.15) is 0 Å². The lowest BCUT2D eigenvalue weighted by Crippen LogP contribution is -2.31. The number of rotatable bonds is 7. The summed E-state index contributed by atoms with van der Waals surface area (Å²) in [7, 11) is 0. The number of anilines is 1. The lowest BCUT2D eigenvalue weighted by molar-refractivity contribution is -0.119. The summed E-state index contributed by atoms with van der Waals surface area (Å²) in [5.41, 5.74) is 1.33. The summed E-state index contributed by atoms with van der Waals surface area (Å²) < 4.78 is 33.1. The number of halogens is 2. The summed E-state index contributed by atoms with van der Waals surface area (Å²) in [6.45, 7) is 0.361. The van der Waals surface area contributed by atoms with E-state index < -0.39 is 5.82 Å². The second-order valence-corrected chi connectivity index (χ2v) is 7.51. The molecule has 0 aliphatic carbocycles. The zero-order chi connectivity index (χ0) is 20.9. The maximum absolute atomic E-state index is 13.5. The van der Waals surface area contributed by atoms with Gasteiger partial charge in [0.15, 0.2) is 5.13 Å². The number of carbonyl (C=O) groups is 1. The summed E-state index contributed by atoms with van der Waals surface area (Å²) >= 11 is 1.31. The second kappa shape index (κ2) is 8.96. The van der Waals surface area contributed by atoms with Gasteiger partial charge in [0.1, 0.15) is 17.4 Å². The molecule has 4 aromatic rings. The Bertz CT molecular complexity index is 1170. The van der Waals surface area contributed by atoms with E-state index in [9.17, 15) is 13.6 Å². The Morgan fingerprint density at radius 1 is 1.07 bits per heavy atom. The van der Waals surface area contributed by atoms with Crippen LogP contribution >= 0.6 is 11.3 Å². The number of ether oxygens (including phenoxy) is 1. The lowest BCUT2D eigenvalue weighted by atomic mass is 10.2. The van der Waals surface area contributed by atoms with E-state index in [1.165, 1.54) is 40.5 Å². The number of aromatic nitrogens is 2. The maximum atomic E-state index is 13.5. The number of hydrogen-bond donors (Lipinski definition) is 0. The molecule has 8 heteroatoms. The Labute approximate surface area is 175 Å². The number of pyridine rings is 1. The van der Waals surface area contributed by atoms with Crippen LogP contribution in [-0.4, -0.2) is 22.5 Å². The number of nitrogens with zero attached hydrogens (tertiary/aromatic N) is 3. The van der Waals surface area contributed by atoms with Gasteiger partial charge in [-0.25, -0.2) is 13.8 Å². The van der Waals surface area contributed by atoms with Crippen LogP contribution < -0.4 is 9.64 Å². The molecule has 0 atom stereocenters.